The van der Waals surface area contributed by atoms with Crippen molar-refractivity contribution in [3.05, 3.63) is 0 Å². The van der Waals surface area contributed by atoms with Crippen LogP contribution in [-0.4, -0.2) is 62.7 Å². The van der Waals surface area contributed by atoms with E-state index in [1.54, 1.807) is 0 Å². The summed E-state index contributed by atoms with van der Waals surface area (Å²) in [5, 5.41) is 11.9. The molecule has 1 fully saturated rings. The second-order valence-electron chi connectivity index (χ2n) is 4.49. The first kappa shape index (κ1) is 12.4. The van der Waals surface area contributed by atoms with Crippen LogP contribution in [0.25, 0.3) is 0 Å². The second-order valence-corrected chi connectivity index (χ2v) is 4.49. The van der Waals surface area contributed by atoms with E-state index < -0.39 is 0 Å². The second kappa shape index (κ2) is 6.06. The zero-order chi connectivity index (χ0) is 11.3. The number of nitriles is 1. The minimum Gasteiger partial charge on any atom is -0.305 e. The summed E-state index contributed by atoms with van der Waals surface area (Å²) in [6.45, 7) is 3.06. The third kappa shape index (κ3) is 3.78. The molecule has 15 heavy (non-hydrogen) atoms. The third-order valence-electron chi connectivity index (χ3n) is 3.16. The van der Waals surface area contributed by atoms with E-state index in [4.69, 9.17) is 5.26 Å². The number of nitrogens with one attached hydrogen (secondary N) is 1. The fourth-order valence-electron chi connectivity index (χ4n) is 2.07. The molecule has 1 rings (SSSR count). The van der Waals surface area contributed by atoms with Gasteiger partial charge in [0.05, 0.1) is 6.07 Å². The zero-order valence-electron chi connectivity index (χ0n) is 10.0. The van der Waals surface area contributed by atoms with Crippen LogP contribution in [0.2, 0.25) is 0 Å². The van der Waals surface area contributed by atoms with Gasteiger partial charge < -0.3 is 10.2 Å². The van der Waals surface area contributed by atoms with Crippen molar-refractivity contribution in [3.63, 3.8) is 0 Å². The molecule has 0 aromatic carbocycles. The van der Waals surface area contributed by atoms with Gasteiger partial charge in [0.1, 0.15) is 6.04 Å². The van der Waals surface area contributed by atoms with E-state index in [2.05, 4.69) is 35.3 Å². The number of piperidine rings is 1. The average molecular weight is 210 g/mol. The minimum absolute atomic E-state index is 0.0362. The molecule has 1 heterocycles. The Bertz CT molecular complexity index is 221. The highest BCUT2D eigenvalue weighted by Gasteiger charge is 2.22. The largest absolute Gasteiger partial charge is 0.305 e. The predicted octanol–water partition coefficient (Wildman–Crippen LogP) is 0.124. The van der Waals surface area contributed by atoms with Crippen LogP contribution >= 0.6 is 0 Å². The van der Waals surface area contributed by atoms with Gasteiger partial charge in [-0.1, -0.05) is 0 Å². The highest BCUT2D eigenvalue weighted by atomic mass is 15.2. The van der Waals surface area contributed by atoms with Crippen LogP contribution in [0.15, 0.2) is 0 Å². The SMILES string of the molecule is CNC(C#N)CN1CCCC(N(C)C)C1. The molecule has 1 aliphatic heterocycles. The molecule has 0 aliphatic carbocycles. The number of likely N-dealkylation sites (tertiary alicyclic amines) is 1. The van der Waals surface area contributed by atoms with Crippen LogP contribution in [-0.2, 0) is 0 Å². The molecule has 0 radical (unpaired) electrons. The fraction of sp³-hybridized carbons (Fsp3) is 0.909. The number of nitrogens with zero attached hydrogens (tertiary/aromatic N) is 3. The van der Waals surface area contributed by atoms with Gasteiger partial charge in [0.25, 0.3) is 0 Å². The first-order valence-electron chi connectivity index (χ1n) is 5.63. The lowest BCUT2D eigenvalue weighted by Gasteiger charge is -2.36. The van der Waals surface area contributed by atoms with Crippen LogP contribution in [0.5, 0.6) is 0 Å². The molecular weight excluding hydrogens is 188 g/mol. The summed E-state index contributed by atoms with van der Waals surface area (Å²) in [6.07, 6.45) is 2.52. The Morgan fingerprint density at radius 2 is 2.33 bits per heavy atom. The molecule has 1 N–H and O–H groups in total. The highest BCUT2D eigenvalue weighted by molar-refractivity contribution is 4.92. The van der Waals surface area contributed by atoms with Crippen molar-refractivity contribution in [1.82, 2.24) is 15.1 Å². The molecule has 4 heteroatoms. The lowest BCUT2D eigenvalue weighted by atomic mass is 10.0. The standard InChI is InChI=1S/C11H22N4/c1-13-10(7-12)8-15-6-4-5-11(9-15)14(2)3/h10-11,13H,4-6,8-9H2,1-3H3. The van der Waals surface area contributed by atoms with E-state index in [1.807, 2.05) is 7.05 Å². The van der Waals surface area contributed by atoms with E-state index in [1.165, 1.54) is 12.8 Å². The summed E-state index contributed by atoms with van der Waals surface area (Å²) < 4.78 is 0. The normalized spacial score (nSPS) is 25.1. The van der Waals surface area contributed by atoms with Crippen LogP contribution in [0.1, 0.15) is 12.8 Å². The van der Waals surface area contributed by atoms with Crippen molar-refractivity contribution in [2.75, 3.05) is 40.8 Å². The summed E-state index contributed by atoms with van der Waals surface area (Å²) in [5.41, 5.74) is 0. The van der Waals surface area contributed by atoms with Gasteiger partial charge in [-0.15, -0.1) is 0 Å². The highest BCUT2D eigenvalue weighted by Crippen LogP contribution is 2.13. The average Bonchev–Trinajstić information content (AvgIpc) is 2.26. The van der Waals surface area contributed by atoms with Crippen LogP contribution in [0.3, 0.4) is 0 Å². The van der Waals surface area contributed by atoms with Gasteiger partial charge in [-0.05, 0) is 40.5 Å². The number of hydrogen-bond donors (Lipinski definition) is 1. The van der Waals surface area contributed by atoms with E-state index in [0.717, 1.165) is 19.6 Å². The molecule has 0 saturated carbocycles. The maximum atomic E-state index is 8.88. The number of hydrogen-bond acceptors (Lipinski definition) is 4. The first-order valence-corrected chi connectivity index (χ1v) is 5.63. The molecule has 0 spiro atoms. The van der Waals surface area contributed by atoms with Gasteiger partial charge in [0.15, 0.2) is 0 Å². The summed E-state index contributed by atoms with van der Waals surface area (Å²) in [5.74, 6) is 0. The Morgan fingerprint density at radius 3 is 2.87 bits per heavy atom. The first-order chi connectivity index (χ1) is 7.17. The van der Waals surface area contributed by atoms with Gasteiger partial charge in [0, 0.05) is 19.1 Å². The van der Waals surface area contributed by atoms with Crippen molar-refractivity contribution < 1.29 is 0 Å². The van der Waals surface area contributed by atoms with Gasteiger partial charge >= 0.3 is 0 Å². The lowest BCUT2D eigenvalue weighted by Crippen LogP contribution is -2.48. The monoisotopic (exact) mass is 210 g/mol. The summed E-state index contributed by atoms with van der Waals surface area (Å²) in [4.78, 5) is 4.67. The van der Waals surface area contributed by atoms with Gasteiger partial charge in [0.2, 0.25) is 0 Å². The van der Waals surface area contributed by atoms with E-state index in [9.17, 15) is 0 Å². The minimum atomic E-state index is -0.0362. The molecule has 2 unspecified atom stereocenters. The van der Waals surface area contributed by atoms with Gasteiger partial charge in [-0.2, -0.15) is 5.26 Å². The summed E-state index contributed by atoms with van der Waals surface area (Å²) >= 11 is 0. The van der Waals surface area contributed by atoms with Crippen molar-refractivity contribution >= 4 is 0 Å². The smallest absolute Gasteiger partial charge is 0.108 e. The molecule has 86 valence electrons. The van der Waals surface area contributed by atoms with E-state index in [0.29, 0.717) is 6.04 Å². The maximum absolute atomic E-state index is 8.88. The van der Waals surface area contributed by atoms with Crippen LogP contribution in [0, 0.1) is 11.3 Å². The Kier molecular flexibility index (Phi) is 5.03. The lowest BCUT2D eigenvalue weighted by molar-refractivity contribution is 0.129. The van der Waals surface area contributed by atoms with Gasteiger partial charge in [-0.3, -0.25) is 4.90 Å². The molecule has 2 atom stereocenters. The number of likely N-dealkylation sites (N-methyl/N-ethyl adjacent to an activating group) is 2. The van der Waals surface area contributed by atoms with Crippen LogP contribution in [0.4, 0.5) is 0 Å². The van der Waals surface area contributed by atoms with Crippen molar-refractivity contribution in [2.45, 2.75) is 24.9 Å². The maximum Gasteiger partial charge on any atom is 0.108 e. The summed E-state index contributed by atoms with van der Waals surface area (Å²) in [6, 6.07) is 2.89. The Labute approximate surface area is 92.8 Å². The molecule has 0 amide bonds. The van der Waals surface area contributed by atoms with Gasteiger partial charge in [-0.25, -0.2) is 0 Å². The molecule has 4 nitrogen and oxygen atoms in total. The molecule has 0 aromatic rings. The van der Waals surface area contributed by atoms with Crippen LogP contribution < -0.4 is 5.32 Å². The topological polar surface area (TPSA) is 42.3 Å². The molecule has 1 aliphatic rings. The van der Waals surface area contributed by atoms with Crippen molar-refractivity contribution in [3.8, 4) is 6.07 Å². The van der Waals surface area contributed by atoms with Crippen molar-refractivity contribution in [1.29, 1.82) is 5.26 Å². The van der Waals surface area contributed by atoms with E-state index in [-0.39, 0.29) is 6.04 Å². The Balaban J connectivity index is 2.39. The molecule has 0 bridgehead atoms. The molecule has 0 aromatic heterocycles. The predicted molar refractivity (Wildman–Crippen MR) is 61.6 cm³/mol. The third-order valence-corrected chi connectivity index (χ3v) is 3.16. The Morgan fingerprint density at radius 1 is 1.60 bits per heavy atom. The Hall–Kier alpha value is -0.630. The van der Waals surface area contributed by atoms with Crippen molar-refractivity contribution in [2.24, 2.45) is 0 Å². The fourth-order valence-corrected chi connectivity index (χ4v) is 2.07. The quantitative estimate of drug-likeness (QED) is 0.716. The van der Waals surface area contributed by atoms with E-state index >= 15 is 0 Å². The molecular formula is C11H22N4. The zero-order valence-corrected chi connectivity index (χ0v) is 10.0. The summed E-state index contributed by atoms with van der Waals surface area (Å²) in [7, 11) is 6.11. The number of rotatable bonds is 4. The molecule has 1 saturated heterocycles.